The van der Waals surface area contributed by atoms with Crippen LogP contribution in [0.2, 0.25) is 0 Å². The normalized spacial score (nSPS) is 27.4. The van der Waals surface area contributed by atoms with Crippen LogP contribution in [-0.2, 0) is 4.74 Å². The van der Waals surface area contributed by atoms with E-state index in [4.69, 9.17) is 37.6 Å². The Kier molecular flexibility index (Phi) is 8.13. The van der Waals surface area contributed by atoms with E-state index in [1.54, 1.807) is 12.1 Å². The van der Waals surface area contributed by atoms with Gasteiger partial charge in [0.2, 0.25) is 23.5 Å². The van der Waals surface area contributed by atoms with Crippen LogP contribution in [0.1, 0.15) is 11.7 Å². The molecule has 0 radical (unpaired) electrons. The molecule has 3 aromatic rings. The third kappa shape index (κ3) is 5.09. The predicted octanol–water partition coefficient (Wildman–Crippen LogP) is -0.129. The fourth-order valence-electron chi connectivity index (χ4n) is 4.80. The van der Waals surface area contributed by atoms with Crippen LogP contribution < -0.4 is 34.0 Å². The van der Waals surface area contributed by atoms with Gasteiger partial charge in [-0.1, -0.05) is 0 Å². The summed E-state index contributed by atoms with van der Waals surface area (Å²) in [5, 5.41) is 50.9. The van der Waals surface area contributed by atoms with Crippen molar-refractivity contribution < 1.29 is 63.1 Å². The van der Waals surface area contributed by atoms with E-state index in [2.05, 4.69) is 0 Å². The zero-order valence-corrected chi connectivity index (χ0v) is 22.3. The number of fused-ring (bicyclic) bond motifs is 3. The first-order chi connectivity index (χ1) is 19.7. The lowest BCUT2D eigenvalue weighted by atomic mass is 9.99. The van der Waals surface area contributed by atoms with Crippen LogP contribution in [-0.4, -0.2) is 96.9 Å². The molecule has 0 amide bonds. The van der Waals surface area contributed by atoms with Crippen LogP contribution in [0.25, 0.3) is 11.0 Å². The Morgan fingerprint density at radius 1 is 0.780 bits per heavy atom. The van der Waals surface area contributed by atoms with Crippen molar-refractivity contribution in [1.82, 2.24) is 0 Å². The number of rotatable bonds is 8. The third-order valence-corrected chi connectivity index (χ3v) is 6.93. The summed E-state index contributed by atoms with van der Waals surface area (Å²) in [6, 6.07) is 7.48. The van der Waals surface area contributed by atoms with E-state index < -0.39 is 61.8 Å². The summed E-state index contributed by atoms with van der Waals surface area (Å²) in [5.74, 6) is 0.700. The van der Waals surface area contributed by atoms with E-state index in [-0.39, 0.29) is 34.3 Å². The molecule has 2 aromatic carbocycles. The van der Waals surface area contributed by atoms with E-state index in [9.17, 15) is 30.3 Å². The molecule has 5 N–H and O–H groups in total. The fourth-order valence-corrected chi connectivity index (χ4v) is 4.80. The average molecular weight is 579 g/mol. The Morgan fingerprint density at radius 2 is 1.44 bits per heavy atom. The summed E-state index contributed by atoms with van der Waals surface area (Å²) in [7, 11) is 4.15. The van der Waals surface area contributed by atoms with Crippen LogP contribution >= 0.6 is 0 Å². The molecule has 2 aliphatic heterocycles. The van der Waals surface area contributed by atoms with E-state index in [1.165, 1.54) is 39.5 Å². The molecule has 1 aromatic heterocycles. The van der Waals surface area contributed by atoms with Gasteiger partial charge in [-0.3, -0.25) is 0 Å². The van der Waals surface area contributed by atoms with Crippen LogP contribution in [0.4, 0.5) is 0 Å². The molecule has 0 aliphatic carbocycles. The van der Waals surface area contributed by atoms with Crippen molar-refractivity contribution in [2.75, 3.05) is 34.5 Å². The van der Waals surface area contributed by atoms with Crippen molar-refractivity contribution in [3.8, 4) is 34.5 Å². The zero-order valence-electron chi connectivity index (χ0n) is 22.3. The van der Waals surface area contributed by atoms with Crippen molar-refractivity contribution in [2.45, 2.75) is 42.9 Å². The monoisotopic (exact) mass is 578 g/mol. The van der Waals surface area contributed by atoms with Gasteiger partial charge in [-0.25, -0.2) is 4.79 Å². The Bertz CT molecular complexity index is 1430. The van der Waals surface area contributed by atoms with Gasteiger partial charge in [0, 0.05) is 17.0 Å². The molecular formula is C27H30O14. The molecular weight excluding hydrogens is 548 g/mol. The molecule has 7 atom stereocenters. The summed E-state index contributed by atoms with van der Waals surface area (Å²) in [5.41, 5.74) is -0.0505. The van der Waals surface area contributed by atoms with Crippen LogP contribution in [0.3, 0.4) is 0 Å². The highest BCUT2D eigenvalue weighted by Crippen LogP contribution is 2.51. The quantitative estimate of drug-likeness (QED) is 0.222. The average Bonchev–Trinajstić information content (AvgIpc) is 3.00. The molecule has 222 valence electrons. The van der Waals surface area contributed by atoms with Crippen molar-refractivity contribution in [2.24, 2.45) is 0 Å². The maximum absolute atomic E-state index is 11.9. The van der Waals surface area contributed by atoms with Crippen LogP contribution in [0, 0.1) is 0 Å². The zero-order chi connectivity index (χ0) is 29.4. The predicted molar refractivity (Wildman–Crippen MR) is 138 cm³/mol. The van der Waals surface area contributed by atoms with Crippen molar-refractivity contribution in [3.63, 3.8) is 0 Å². The second-order valence-corrected chi connectivity index (χ2v) is 9.36. The molecule has 0 spiro atoms. The summed E-state index contributed by atoms with van der Waals surface area (Å²) < 4.78 is 45.5. The highest BCUT2D eigenvalue weighted by atomic mass is 16.7. The molecule has 3 heterocycles. The molecule has 14 heteroatoms. The van der Waals surface area contributed by atoms with Gasteiger partial charge in [0.15, 0.2) is 35.0 Å². The number of aliphatic hydroxyl groups excluding tert-OH is 5. The maximum Gasteiger partial charge on any atom is 0.336 e. The molecule has 41 heavy (non-hydrogen) atoms. The first-order valence-corrected chi connectivity index (χ1v) is 12.6. The number of methoxy groups -OCH3 is 3. The second-order valence-electron chi connectivity index (χ2n) is 9.36. The Morgan fingerprint density at radius 3 is 2.05 bits per heavy atom. The summed E-state index contributed by atoms with van der Waals surface area (Å²) in [6.07, 6.45) is -9.51. The van der Waals surface area contributed by atoms with Gasteiger partial charge < -0.3 is 63.1 Å². The largest absolute Gasteiger partial charge is 0.493 e. The lowest BCUT2D eigenvalue weighted by molar-refractivity contribution is -0.277. The van der Waals surface area contributed by atoms with E-state index >= 15 is 0 Å². The molecule has 2 aliphatic rings. The summed E-state index contributed by atoms with van der Waals surface area (Å²) in [6.45, 7) is -1.13. The molecule has 14 nitrogen and oxygen atoms in total. The summed E-state index contributed by atoms with van der Waals surface area (Å²) >= 11 is 0. The third-order valence-electron chi connectivity index (χ3n) is 6.93. The summed E-state index contributed by atoms with van der Waals surface area (Å²) in [4.78, 5) is 11.9. The highest BCUT2D eigenvalue weighted by Gasteiger charge is 2.45. The van der Waals surface area contributed by atoms with Gasteiger partial charge in [0.05, 0.1) is 34.5 Å². The number of hydrogen-bond donors (Lipinski definition) is 5. The van der Waals surface area contributed by atoms with Gasteiger partial charge in [-0.15, -0.1) is 0 Å². The van der Waals surface area contributed by atoms with Gasteiger partial charge >= 0.3 is 5.63 Å². The molecule has 5 rings (SSSR count). The Labute approximate surface area is 232 Å². The fraction of sp³-hybridized carbons (Fsp3) is 0.444. The smallest absolute Gasteiger partial charge is 0.336 e. The molecule has 0 unspecified atom stereocenters. The van der Waals surface area contributed by atoms with Gasteiger partial charge in [-0.05, 0) is 24.3 Å². The SMILES string of the molecule is COc1cc([C@H]2Oc3c(OC)cc4ccc(=O)oc4c3O[C@@H]2CO)cc(OC)c1O[C@@H]1O[C@H](CO)[C@@H](O)[C@H](O)[C@H]1O. The lowest BCUT2D eigenvalue weighted by Gasteiger charge is -2.39. The van der Waals surface area contributed by atoms with Crippen LogP contribution in [0.5, 0.6) is 34.5 Å². The van der Waals surface area contributed by atoms with Gasteiger partial charge in [0.25, 0.3) is 0 Å². The first kappa shape index (κ1) is 28.7. The number of hydrogen-bond acceptors (Lipinski definition) is 14. The van der Waals surface area contributed by atoms with E-state index in [0.29, 0.717) is 16.7 Å². The molecule has 1 fully saturated rings. The molecule has 1 saturated heterocycles. The Balaban J connectivity index is 1.53. The number of ether oxygens (including phenoxy) is 7. The van der Waals surface area contributed by atoms with Crippen molar-refractivity contribution >= 4 is 11.0 Å². The topological polar surface area (TPSA) is 196 Å². The van der Waals surface area contributed by atoms with Crippen molar-refractivity contribution in [1.29, 1.82) is 0 Å². The second kappa shape index (κ2) is 11.6. The minimum atomic E-state index is -1.67. The minimum absolute atomic E-state index is 0.0221. The highest BCUT2D eigenvalue weighted by molar-refractivity contribution is 5.88. The number of benzene rings is 2. The Hall–Kier alpha value is -3.79. The van der Waals surface area contributed by atoms with Crippen LogP contribution in [0.15, 0.2) is 39.5 Å². The molecule has 0 bridgehead atoms. The lowest BCUT2D eigenvalue weighted by Crippen LogP contribution is -2.60. The number of aliphatic hydroxyl groups is 5. The van der Waals surface area contributed by atoms with E-state index in [0.717, 1.165) is 0 Å². The molecule has 0 saturated carbocycles. The maximum atomic E-state index is 11.9. The standard InChI is InChI=1S/C27H30O14/c1-34-13-7-12(8-14(35-2)24(13)41-27-21(33)20(32)19(31)16(9-28)38-27)22-17(10-29)37-26-23-11(4-5-18(30)39-23)6-15(36-3)25(26)40-22/h4-8,16-17,19-22,27-29,31-33H,9-10H2,1-3H3/t16-,17-,19-,20+,21-,22-,27+/m1/s1. The van der Waals surface area contributed by atoms with Gasteiger partial charge in [-0.2, -0.15) is 0 Å². The van der Waals surface area contributed by atoms with E-state index in [1.807, 2.05) is 0 Å². The minimum Gasteiger partial charge on any atom is -0.493 e. The first-order valence-electron chi connectivity index (χ1n) is 12.6. The van der Waals surface area contributed by atoms with Crippen molar-refractivity contribution in [3.05, 3.63) is 46.3 Å². The van der Waals surface area contributed by atoms with Gasteiger partial charge in [0.1, 0.15) is 24.4 Å².